The number of ketones is 1. The van der Waals surface area contributed by atoms with Crippen molar-refractivity contribution in [3.05, 3.63) is 63.7 Å². The van der Waals surface area contributed by atoms with Crippen molar-refractivity contribution in [2.45, 2.75) is 13.5 Å². The predicted molar refractivity (Wildman–Crippen MR) is 80.4 cm³/mol. The van der Waals surface area contributed by atoms with Gasteiger partial charge in [-0.1, -0.05) is 30.3 Å². The van der Waals surface area contributed by atoms with E-state index in [0.29, 0.717) is 0 Å². The van der Waals surface area contributed by atoms with Crippen molar-refractivity contribution in [2.75, 3.05) is 7.11 Å². The minimum atomic E-state index is -0.634. The highest BCUT2D eigenvalue weighted by Crippen LogP contribution is 2.40. The van der Waals surface area contributed by atoms with Crippen LogP contribution in [0.2, 0.25) is 0 Å². The van der Waals surface area contributed by atoms with Crippen molar-refractivity contribution >= 4 is 11.5 Å². The highest BCUT2D eigenvalue weighted by atomic mass is 16.6. The fourth-order valence-corrected chi connectivity index (χ4v) is 2.06. The molecular formula is C16H15NO5. The Morgan fingerprint density at radius 2 is 1.86 bits per heavy atom. The molecule has 2 rings (SSSR count). The number of nitrogens with zero attached hydrogens (tertiary/aromatic N) is 1. The molecule has 0 heterocycles. The first-order chi connectivity index (χ1) is 10.5. The van der Waals surface area contributed by atoms with Crippen LogP contribution in [0, 0.1) is 10.1 Å². The van der Waals surface area contributed by atoms with Gasteiger partial charge in [0.15, 0.2) is 11.5 Å². The summed E-state index contributed by atoms with van der Waals surface area (Å²) in [6, 6.07) is 12.3. The average molecular weight is 301 g/mol. The third kappa shape index (κ3) is 3.22. The summed E-state index contributed by atoms with van der Waals surface area (Å²) in [7, 11) is 1.31. The molecule has 0 fully saturated rings. The number of nitro benzene ring substituents is 1. The van der Waals surface area contributed by atoms with Gasteiger partial charge in [-0.2, -0.15) is 0 Å². The van der Waals surface area contributed by atoms with E-state index in [-0.39, 0.29) is 29.4 Å². The Morgan fingerprint density at radius 3 is 2.41 bits per heavy atom. The van der Waals surface area contributed by atoms with Crippen molar-refractivity contribution < 1.29 is 19.2 Å². The van der Waals surface area contributed by atoms with Gasteiger partial charge in [0.25, 0.3) is 0 Å². The van der Waals surface area contributed by atoms with E-state index in [1.54, 1.807) is 0 Å². The molecule has 2 aromatic carbocycles. The van der Waals surface area contributed by atoms with Crippen molar-refractivity contribution in [3.8, 4) is 11.5 Å². The largest absolute Gasteiger partial charge is 0.488 e. The Bertz CT molecular complexity index is 697. The van der Waals surface area contributed by atoms with E-state index in [2.05, 4.69) is 0 Å². The van der Waals surface area contributed by atoms with Crippen LogP contribution in [0.5, 0.6) is 11.5 Å². The summed E-state index contributed by atoms with van der Waals surface area (Å²) in [6.45, 7) is 1.51. The maximum Gasteiger partial charge on any atom is 0.325 e. The second-order valence-electron chi connectivity index (χ2n) is 4.58. The molecule has 0 aromatic heterocycles. The number of benzene rings is 2. The number of rotatable bonds is 6. The molecule has 0 aliphatic rings. The van der Waals surface area contributed by atoms with Crippen molar-refractivity contribution in [3.63, 3.8) is 0 Å². The zero-order chi connectivity index (χ0) is 16.1. The molecule has 0 amide bonds. The van der Waals surface area contributed by atoms with Gasteiger partial charge in [0.2, 0.25) is 5.75 Å². The quantitative estimate of drug-likeness (QED) is 0.464. The lowest BCUT2D eigenvalue weighted by atomic mass is 10.1. The van der Waals surface area contributed by atoms with Crippen LogP contribution in [-0.2, 0) is 6.61 Å². The van der Waals surface area contributed by atoms with Gasteiger partial charge in [-0.25, -0.2) is 0 Å². The first-order valence-electron chi connectivity index (χ1n) is 6.57. The molecule has 0 saturated carbocycles. The fraction of sp³-hybridized carbons (Fsp3) is 0.188. The molecule has 0 atom stereocenters. The van der Waals surface area contributed by atoms with E-state index in [4.69, 9.17) is 9.47 Å². The van der Waals surface area contributed by atoms with Crippen LogP contribution < -0.4 is 9.47 Å². The maximum absolute atomic E-state index is 11.5. The minimum Gasteiger partial charge on any atom is -0.488 e. The number of nitro groups is 1. The SMILES string of the molecule is COc1c(OCc2ccccc2)ccc(C(C)=O)c1[N+](=O)[O-]. The Balaban J connectivity index is 2.38. The Labute approximate surface area is 127 Å². The van der Waals surface area contributed by atoms with E-state index in [9.17, 15) is 14.9 Å². The molecule has 0 aliphatic carbocycles. The topological polar surface area (TPSA) is 78.7 Å². The number of carbonyl (C=O) groups is 1. The highest BCUT2D eigenvalue weighted by molar-refractivity contribution is 5.99. The summed E-state index contributed by atoms with van der Waals surface area (Å²) in [4.78, 5) is 22.1. The van der Waals surface area contributed by atoms with Crippen LogP contribution in [0.1, 0.15) is 22.8 Å². The predicted octanol–water partition coefficient (Wildman–Crippen LogP) is 3.39. The zero-order valence-electron chi connectivity index (χ0n) is 12.2. The average Bonchev–Trinajstić information content (AvgIpc) is 2.52. The first kappa shape index (κ1) is 15.5. The van der Waals surface area contributed by atoms with E-state index in [1.165, 1.54) is 26.2 Å². The van der Waals surface area contributed by atoms with E-state index < -0.39 is 10.7 Å². The number of hydrogen-bond donors (Lipinski definition) is 0. The van der Waals surface area contributed by atoms with Gasteiger partial charge in [-0.3, -0.25) is 14.9 Å². The molecule has 6 nitrogen and oxygen atoms in total. The van der Waals surface area contributed by atoms with Gasteiger partial charge in [0.05, 0.1) is 17.6 Å². The second-order valence-corrected chi connectivity index (χ2v) is 4.58. The third-order valence-corrected chi connectivity index (χ3v) is 3.10. The normalized spacial score (nSPS) is 10.1. The lowest BCUT2D eigenvalue weighted by Gasteiger charge is -2.12. The van der Waals surface area contributed by atoms with Gasteiger partial charge in [0.1, 0.15) is 6.61 Å². The third-order valence-electron chi connectivity index (χ3n) is 3.10. The standard InChI is InChI=1S/C16H15NO5/c1-11(18)13-8-9-14(16(21-2)15(13)17(19)20)22-10-12-6-4-3-5-7-12/h3-9H,10H2,1-2H3. The minimum absolute atomic E-state index is 0.00564. The molecule has 22 heavy (non-hydrogen) atoms. The van der Waals surface area contributed by atoms with Crippen LogP contribution in [0.3, 0.4) is 0 Å². The summed E-state index contributed by atoms with van der Waals surface area (Å²) >= 11 is 0. The van der Waals surface area contributed by atoms with Crippen LogP contribution in [0.4, 0.5) is 5.69 Å². The van der Waals surface area contributed by atoms with Gasteiger partial charge in [-0.05, 0) is 24.6 Å². The van der Waals surface area contributed by atoms with Crippen molar-refractivity contribution in [1.29, 1.82) is 0 Å². The number of Topliss-reactive ketones (excluding diaryl/α,β-unsaturated/α-hetero) is 1. The zero-order valence-corrected chi connectivity index (χ0v) is 12.2. The van der Waals surface area contributed by atoms with Gasteiger partial charge in [0, 0.05) is 0 Å². The van der Waals surface area contributed by atoms with Crippen LogP contribution in [0.15, 0.2) is 42.5 Å². The summed E-state index contributed by atoms with van der Waals surface area (Å²) in [6.07, 6.45) is 0. The fourth-order valence-electron chi connectivity index (χ4n) is 2.06. The van der Waals surface area contributed by atoms with Crippen LogP contribution in [-0.4, -0.2) is 17.8 Å². The van der Waals surface area contributed by atoms with Crippen molar-refractivity contribution in [2.24, 2.45) is 0 Å². The molecule has 0 N–H and O–H groups in total. The Hall–Kier alpha value is -2.89. The number of ether oxygens (including phenoxy) is 2. The Morgan fingerprint density at radius 1 is 1.18 bits per heavy atom. The molecule has 0 saturated heterocycles. The molecule has 0 spiro atoms. The van der Waals surface area contributed by atoms with Gasteiger partial charge < -0.3 is 9.47 Å². The number of carbonyl (C=O) groups excluding carboxylic acids is 1. The molecule has 0 aliphatic heterocycles. The van der Waals surface area contributed by atoms with Gasteiger partial charge >= 0.3 is 5.69 Å². The van der Waals surface area contributed by atoms with E-state index >= 15 is 0 Å². The lowest BCUT2D eigenvalue weighted by molar-refractivity contribution is -0.386. The maximum atomic E-state index is 11.5. The Kier molecular flexibility index (Phi) is 4.73. The number of methoxy groups -OCH3 is 1. The molecule has 0 bridgehead atoms. The molecular weight excluding hydrogens is 286 g/mol. The highest BCUT2D eigenvalue weighted by Gasteiger charge is 2.27. The molecule has 0 radical (unpaired) electrons. The van der Waals surface area contributed by atoms with E-state index in [1.807, 2.05) is 30.3 Å². The monoisotopic (exact) mass is 301 g/mol. The second kappa shape index (κ2) is 6.71. The summed E-state index contributed by atoms with van der Waals surface area (Å²) in [5, 5.41) is 11.3. The molecule has 6 heteroatoms. The van der Waals surface area contributed by atoms with E-state index in [0.717, 1.165) is 5.56 Å². The van der Waals surface area contributed by atoms with Crippen LogP contribution >= 0.6 is 0 Å². The summed E-state index contributed by atoms with van der Waals surface area (Å²) in [5.74, 6) is -0.226. The molecule has 2 aromatic rings. The summed E-state index contributed by atoms with van der Waals surface area (Å²) < 4.78 is 10.7. The molecule has 114 valence electrons. The number of hydrogen-bond acceptors (Lipinski definition) is 5. The van der Waals surface area contributed by atoms with Crippen LogP contribution in [0.25, 0.3) is 0 Å². The summed E-state index contributed by atoms with van der Waals surface area (Å²) in [5.41, 5.74) is 0.539. The van der Waals surface area contributed by atoms with Gasteiger partial charge in [-0.15, -0.1) is 0 Å². The smallest absolute Gasteiger partial charge is 0.325 e. The molecule has 0 unspecified atom stereocenters. The van der Waals surface area contributed by atoms with Crippen molar-refractivity contribution in [1.82, 2.24) is 0 Å². The lowest BCUT2D eigenvalue weighted by Crippen LogP contribution is -2.05. The first-order valence-corrected chi connectivity index (χ1v) is 6.57.